The van der Waals surface area contributed by atoms with Crippen LogP contribution in [0.15, 0.2) is 42.5 Å². The minimum absolute atomic E-state index is 0.0875. The van der Waals surface area contributed by atoms with E-state index in [0.717, 1.165) is 36.2 Å². The van der Waals surface area contributed by atoms with Crippen LogP contribution in [0.1, 0.15) is 38.8 Å². The van der Waals surface area contributed by atoms with Crippen molar-refractivity contribution in [1.29, 1.82) is 0 Å². The van der Waals surface area contributed by atoms with Crippen LogP contribution in [0, 0.1) is 0 Å². The highest BCUT2D eigenvalue weighted by Crippen LogP contribution is 2.29. The van der Waals surface area contributed by atoms with Crippen LogP contribution in [0.2, 0.25) is 0 Å². The van der Waals surface area contributed by atoms with Crippen molar-refractivity contribution >= 4 is 11.8 Å². The Bertz CT molecular complexity index is 902. The maximum Gasteiger partial charge on any atom is 0.416 e. The lowest BCUT2D eigenvalue weighted by molar-refractivity contribution is -0.137. The second-order valence-electron chi connectivity index (χ2n) is 6.86. The second kappa shape index (κ2) is 8.14. The summed E-state index contributed by atoms with van der Waals surface area (Å²) in [5.41, 5.74) is 0.527. The van der Waals surface area contributed by atoms with Crippen molar-refractivity contribution in [3.8, 4) is 5.75 Å². The van der Waals surface area contributed by atoms with Crippen molar-refractivity contribution in [1.82, 2.24) is 9.80 Å². The largest absolute Gasteiger partial charge is 0.507 e. The molecule has 1 aliphatic rings. The molecule has 1 N–H and O–H groups in total. The second-order valence-corrected chi connectivity index (χ2v) is 6.86. The highest BCUT2D eigenvalue weighted by molar-refractivity contribution is 5.97. The number of aromatic hydroxyl groups is 1. The molecule has 0 saturated carbocycles. The predicted molar refractivity (Wildman–Crippen MR) is 101 cm³/mol. The molecule has 2 amide bonds. The number of aryl methyl sites for hydroxylation is 1. The number of phenolic OH excluding ortho intramolecular Hbond substituents is 1. The Hall–Kier alpha value is -3.03. The van der Waals surface area contributed by atoms with E-state index in [1.807, 2.05) is 6.92 Å². The fourth-order valence-electron chi connectivity index (χ4n) is 3.24. The number of piperazine rings is 1. The Morgan fingerprint density at radius 2 is 1.48 bits per heavy atom. The predicted octanol–water partition coefficient (Wildman–Crippen LogP) is 3.57. The van der Waals surface area contributed by atoms with E-state index in [4.69, 9.17) is 0 Å². The zero-order valence-corrected chi connectivity index (χ0v) is 15.9. The van der Waals surface area contributed by atoms with Crippen molar-refractivity contribution in [2.75, 3.05) is 26.2 Å². The molecular weight excluding hydrogens is 385 g/mol. The van der Waals surface area contributed by atoms with Crippen molar-refractivity contribution in [3.05, 3.63) is 64.7 Å². The standard InChI is InChI=1S/C21H21F3N2O3/c1-2-14-3-8-18(27)17(13-14)20(29)26-11-9-25(10-12-26)19(28)15-4-6-16(7-5-15)21(22,23)24/h3-8,13,27H,2,9-12H2,1H3. The molecule has 0 unspecified atom stereocenters. The maximum absolute atomic E-state index is 12.7. The molecule has 5 nitrogen and oxygen atoms in total. The van der Waals surface area contributed by atoms with E-state index in [0.29, 0.717) is 0 Å². The molecule has 0 aromatic heterocycles. The van der Waals surface area contributed by atoms with Crippen LogP contribution in [-0.4, -0.2) is 52.9 Å². The lowest BCUT2D eigenvalue weighted by Gasteiger charge is -2.35. The average Bonchev–Trinajstić information content (AvgIpc) is 2.72. The third-order valence-corrected chi connectivity index (χ3v) is 5.01. The fourth-order valence-corrected chi connectivity index (χ4v) is 3.24. The van der Waals surface area contributed by atoms with Gasteiger partial charge in [-0.15, -0.1) is 0 Å². The third kappa shape index (κ3) is 4.52. The van der Waals surface area contributed by atoms with Crippen LogP contribution in [0.4, 0.5) is 13.2 Å². The van der Waals surface area contributed by atoms with Gasteiger partial charge < -0.3 is 14.9 Å². The Kier molecular flexibility index (Phi) is 5.81. The van der Waals surface area contributed by atoms with E-state index in [2.05, 4.69) is 0 Å². The van der Waals surface area contributed by atoms with Gasteiger partial charge in [0.15, 0.2) is 0 Å². The van der Waals surface area contributed by atoms with Crippen LogP contribution in [0.3, 0.4) is 0 Å². The van der Waals surface area contributed by atoms with Crippen LogP contribution >= 0.6 is 0 Å². The van der Waals surface area contributed by atoms with Crippen molar-refractivity contribution in [2.24, 2.45) is 0 Å². The fraction of sp³-hybridized carbons (Fsp3) is 0.333. The number of carbonyl (C=O) groups excluding carboxylic acids is 2. The van der Waals surface area contributed by atoms with Gasteiger partial charge in [-0.25, -0.2) is 0 Å². The molecule has 1 heterocycles. The monoisotopic (exact) mass is 406 g/mol. The Morgan fingerprint density at radius 3 is 2.00 bits per heavy atom. The van der Waals surface area contributed by atoms with E-state index in [9.17, 15) is 27.9 Å². The Labute approximate surface area is 166 Å². The molecule has 1 saturated heterocycles. The molecule has 3 rings (SSSR count). The van der Waals surface area contributed by atoms with Gasteiger partial charge in [-0.1, -0.05) is 13.0 Å². The molecule has 0 bridgehead atoms. The molecule has 1 fully saturated rings. The number of benzene rings is 2. The Morgan fingerprint density at radius 1 is 0.931 bits per heavy atom. The van der Waals surface area contributed by atoms with E-state index in [-0.39, 0.29) is 54.9 Å². The summed E-state index contributed by atoms with van der Waals surface area (Å²) in [5.74, 6) is -0.767. The number of amides is 2. The van der Waals surface area contributed by atoms with E-state index in [1.54, 1.807) is 17.0 Å². The third-order valence-electron chi connectivity index (χ3n) is 5.01. The summed E-state index contributed by atoms with van der Waals surface area (Å²) in [6, 6.07) is 9.02. The molecule has 2 aromatic carbocycles. The van der Waals surface area contributed by atoms with Crippen LogP contribution in [0.5, 0.6) is 5.75 Å². The number of alkyl halides is 3. The van der Waals surface area contributed by atoms with Gasteiger partial charge in [0.25, 0.3) is 11.8 Å². The summed E-state index contributed by atoms with van der Waals surface area (Å²) in [6.07, 6.45) is -3.72. The van der Waals surface area contributed by atoms with Crippen LogP contribution in [-0.2, 0) is 12.6 Å². The van der Waals surface area contributed by atoms with Gasteiger partial charge in [0, 0.05) is 31.7 Å². The quantitative estimate of drug-likeness (QED) is 0.848. The smallest absolute Gasteiger partial charge is 0.416 e. The SMILES string of the molecule is CCc1ccc(O)c(C(=O)N2CCN(C(=O)c3ccc(C(F)(F)F)cc3)CC2)c1. The van der Waals surface area contributed by atoms with Gasteiger partial charge in [0.1, 0.15) is 5.75 Å². The summed E-state index contributed by atoms with van der Waals surface area (Å²) >= 11 is 0. The summed E-state index contributed by atoms with van der Waals surface area (Å²) in [7, 11) is 0. The first-order valence-electron chi connectivity index (χ1n) is 9.28. The lowest BCUT2D eigenvalue weighted by Crippen LogP contribution is -2.50. The minimum Gasteiger partial charge on any atom is -0.507 e. The van der Waals surface area contributed by atoms with Gasteiger partial charge in [0.05, 0.1) is 11.1 Å². The summed E-state index contributed by atoms with van der Waals surface area (Å²) in [5, 5.41) is 10.0. The Balaban J connectivity index is 1.64. The summed E-state index contributed by atoms with van der Waals surface area (Å²) in [6.45, 7) is 3.04. The lowest BCUT2D eigenvalue weighted by atomic mass is 10.1. The first-order valence-corrected chi connectivity index (χ1v) is 9.28. The molecule has 1 aliphatic heterocycles. The van der Waals surface area contributed by atoms with Crippen molar-refractivity contribution in [3.63, 3.8) is 0 Å². The zero-order chi connectivity index (χ0) is 21.2. The topological polar surface area (TPSA) is 60.9 Å². The highest BCUT2D eigenvalue weighted by atomic mass is 19.4. The van der Waals surface area contributed by atoms with E-state index >= 15 is 0 Å². The molecule has 8 heteroatoms. The summed E-state index contributed by atoms with van der Waals surface area (Å²) in [4.78, 5) is 28.3. The molecule has 0 aliphatic carbocycles. The van der Waals surface area contributed by atoms with Crippen molar-refractivity contribution < 1.29 is 27.9 Å². The van der Waals surface area contributed by atoms with Crippen LogP contribution < -0.4 is 0 Å². The molecule has 0 atom stereocenters. The van der Waals surface area contributed by atoms with Gasteiger partial charge in [-0.05, 0) is 48.4 Å². The minimum atomic E-state index is -4.45. The van der Waals surface area contributed by atoms with Crippen LogP contribution in [0.25, 0.3) is 0 Å². The van der Waals surface area contributed by atoms with E-state index < -0.39 is 11.7 Å². The first-order chi connectivity index (χ1) is 13.7. The average molecular weight is 406 g/mol. The molecular formula is C21H21F3N2O3. The highest BCUT2D eigenvalue weighted by Gasteiger charge is 2.31. The normalized spacial score (nSPS) is 14.8. The first kappa shape index (κ1) is 20.7. The number of hydrogen-bond donors (Lipinski definition) is 1. The number of nitrogens with zero attached hydrogens (tertiary/aromatic N) is 2. The van der Waals surface area contributed by atoms with Crippen molar-refractivity contribution in [2.45, 2.75) is 19.5 Å². The molecule has 0 radical (unpaired) electrons. The number of carbonyl (C=O) groups is 2. The molecule has 2 aromatic rings. The van der Waals surface area contributed by atoms with Gasteiger partial charge in [-0.3, -0.25) is 9.59 Å². The number of phenols is 1. The molecule has 0 spiro atoms. The maximum atomic E-state index is 12.7. The number of hydrogen-bond acceptors (Lipinski definition) is 3. The van der Waals surface area contributed by atoms with Gasteiger partial charge >= 0.3 is 6.18 Å². The zero-order valence-electron chi connectivity index (χ0n) is 15.9. The van der Waals surface area contributed by atoms with Gasteiger partial charge in [0.2, 0.25) is 0 Å². The van der Waals surface area contributed by atoms with Gasteiger partial charge in [-0.2, -0.15) is 13.2 Å². The number of rotatable bonds is 3. The molecule has 29 heavy (non-hydrogen) atoms. The molecule has 154 valence electrons. The summed E-state index contributed by atoms with van der Waals surface area (Å²) < 4.78 is 38.0. The van der Waals surface area contributed by atoms with E-state index in [1.165, 1.54) is 11.0 Å². The number of halogens is 3.